The first-order chi connectivity index (χ1) is 10.3. The maximum absolute atomic E-state index is 12.4. The van der Waals surface area contributed by atoms with Crippen LogP contribution in [0.1, 0.15) is 18.4 Å². The molecule has 1 saturated heterocycles. The van der Waals surface area contributed by atoms with Gasteiger partial charge in [-0.15, -0.1) is 0 Å². The number of anilines is 1. The first-order valence-electron chi connectivity index (χ1n) is 7.62. The van der Waals surface area contributed by atoms with Gasteiger partial charge in [0, 0.05) is 38.3 Å². The molecule has 0 aliphatic carbocycles. The number of carbonyl (C=O) groups is 2. The summed E-state index contributed by atoms with van der Waals surface area (Å²) < 4.78 is 0. The highest BCUT2D eigenvalue weighted by molar-refractivity contribution is 5.99. The number of nitrogens with one attached hydrogen (secondary N) is 1. The Morgan fingerprint density at radius 1 is 1.14 bits per heavy atom. The second-order valence-corrected chi connectivity index (χ2v) is 5.59. The van der Waals surface area contributed by atoms with Crippen molar-refractivity contribution < 1.29 is 9.59 Å². The van der Waals surface area contributed by atoms with Crippen molar-refractivity contribution in [1.82, 2.24) is 10.2 Å². The number of aryl methyl sites for hydroxylation is 1. The summed E-state index contributed by atoms with van der Waals surface area (Å²) >= 11 is 0. The maximum Gasteiger partial charge on any atom is 0.242 e. The summed E-state index contributed by atoms with van der Waals surface area (Å²) in [5, 5.41) is 3.23. The second kappa shape index (κ2) is 6.26. The van der Waals surface area contributed by atoms with Crippen LogP contribution in [0.15, 0.2) is 24.3 Å². The van der Waals surface area contributed by atoms with E-state index in [9.17, 15) is 9.59 Å². The van der Waals surface area contributed by atoms with Crippen LogP contribution in [0.25, 0.3) is 0 Å². The third-order valence-corrected chi connectivity index (χ3v) is 4.18. The molecule has 2 amide bonds. The van der Waals surface area contributed by atoms with Crippen LogP contribution < -0.4 is 10.2 Å². The minimum Gasteiger partial charge on any atom is -0.339 e. The number of benzene rings is 1. The first-order valence-corrected chi connectivity index (χ1v) is 7.62. The molecule has 0 saturated carbocycles. The molecule has 0 bridgehead atoms. The largest absolute Gasteiger partial charge is 0.339 e. The van der Waals surface area contributed by atoms with Gasteiger partial charge in [0.25, 0.3) is 0 Å². The fraction of sp³-hybridized carbons (Fsp3) is 0.500. The molecule has 21 heavy (non-hydrogen) atoms. The lowest BCUT2D eigenvalue weighted by Gasteiger charge is -2.30. The van der Waals surface area contributed by atoms with Gasteiger partial charge in [-0.2, -0.15) is 0 Å². The molecule has 0 aromatic heterocycles. The number of carbonyl (C=O) groups excluding carboxylic acids is 2. The Kier molecular flexibility index (Phi) is 4.20. The van der Waals surface area contributed by atoms with Crippen molar-refractivity contribution in [3.63, 3.8) is 0 Å². The van der Waals surface area contributed by atoms with Gasteiger partial charge >= 0.3 is 0 Å². The summed E-state index contributed by atoms with van der Waals surface area (Å²) in [6.45, 7) is 3.27. The molecule has 3 rings (SSSR count). The Labute approximate surface area is 124 Å². The van der Waals surface area contributed by atoms with Crippen molar-refractivity contribution in [3.8, 4) is 0 Å². The van der Waals surface area contributed by atoms with Crippen LogP contribution in [0.4, 0.5) is 5.69 Å². The van der Waals surface area contributed by atoms with E-state index in [-0.39, 0.29) is 18.4 Å². The van der Waals surface area contributed by atoms with Gasteiger partial charge in [0.05, 0.1) is 0 Å². The van der Waals surface area contributed by atoms with E-state index in [1.165, 1.54) is 0 Å². The molecular weight excluding hydrogens is 266 g/mol. The highest BCUT2D eigenvalue weighted by Gasteiger charge is 2.26. The molecule has 0 atom stereocenters. The van der Waals surface area contributed by atoms with Gasteiger partial charge < -0.3 is 15.1 Å². The molecule has 5 nitrogen and oxygen atoms in total. The first kappa shape index (κ1) is 14.1. The summed E-state index contributed by atoms with van der Waals surface area (Å²) in [4.78, 5) is 28.3. The fourth-order valence-corrected chi connectivity index (χ4v) is 3.01. The quantitative estimate of drug-likeness (QED) is 0.875. The third-order valence-electron chi connectivity index (χ3n) is 4.18. The van der Waals surface area contributed by atoms with Crippen molar-refractivity contribution >= 4 is 17.5 Å². The van der Waals surface area contributed by atoms with Crippen molar-refractivity contribution in [2.24, 2.45) is 0 Å². The van der Waals surface area contributed by atoms with Crippen LogP contribution in [0.2, 0.25) is 0 Å². The average molecular weight is 287 g/mol. The number of hydrogen-bond acceptors (Lipinski definition) is 3. The number of para-hydroxylation sites is 1. The number of piperazine rings is 1. The van der Waals surface area contributed by atoms with E-state index in [4.69, 9.17) is 0 Å². The number of nitrogens with zero attached hydrogens (tertiary/aromatic N) is 2. The zero-order valence-electron chi connectivity index (χ0n) is 12.2. The van der Waals surface area contributed by atoms with Crippen LogP contribution in [0, 0.1) is 0 Å². The Hall–Kier alpha value is -1.88. The van der Waals surface area contributed by atoms with E-state index < -0.39 is 0 Å². The molecule has 1 aromatic carbocycles. The molecule has 5 heteroatoms. The van der Waals surface area contributed by atoms with Gasteiger partial charge in [-0.25, -0.2) is 0 Å². The fourth-order valence-electron chi connectivity index (χ4n) is 3.01. The van der Waals surface area contributed by atoms with Crippen molar-refractivity contribution in [2.75, 3.05) is 37.6 Å². The van der Waals surface area contributed by atoms with Gasteiger partial charge in [0.15, 0.2) is 0 Å². The third kappa shape index (κ3) is 3.08. The molecule has 1 fully saturated rings. The Bertz CT molecular complexity index is 538. The Balaban J connectivity index is 1.79. The van der Waals surface area contributed by atoms with Crippen LogP contribution in [0.3, 0.4) is 0 Å². The maximum atomic E-state index is 12.4. The summed E-state index contributed by atoms with van der Waals surface area (Å²) in [5.74, 6) is 0.102. The molecule has 2 aliphatic heterocycles. The van der Waals surface area contributed by atoms with Gasteiger partial charge in [0.1, 0.15) is 6.54 Å². The molecular formula is C16H21N3O2. The minimum atomic E-state index is 0.0431. The van der Waals surface area contributed by atoms with Crippen LogP contribution in [-0.4, -0.2) is 49.4 Å². The molecule has 2 aliphatic rings. The summed E-state index contributed by atoms with van der Waals surface area (Å²) in [5.41, 5.74) is 2.07. The van der Waals surface area contributed by atoms with Crippen LogP contribution >= 0.6 is 0 Å². The molecule has 0 radical (unpaired) electrons. The second-order valence-electron chi connectivity index (χ2n) is 5.59. The lowest BCUT2D eigenvalue weighted by Crippen LogP contribution is -2.50. The predicted octanol–water partition coefficient (Wildman–Crippen LogP) is 0.788. The van der Waals surface area contributed by atoms with Gasteiger partial charge in [-0.05, 0) is 24.5 Å². The van der Waals surface area contributed by atoms with E-state index in [2.05, 4.69) is 11.4 Å². The van der Waals surface area contributed by atoms with Crippen molar-refractivity contribution in [1.29, 1.82) is 0 Å². The summed E-state index contributed by atoms with van der Waals surface area (Å²) in [6, 6.07) is 7.92. The van der Waals surface area contributed by atoms with E-state index in [0.717, 1.165) is 50.3 Å². The van der Waals surface area contributed by atoms with E-state index in [1.54, 1.807) is 4.90 Å². The zero-order chi connectivity index (χ0) is 14.7. The van der Waals surface area contributed by atoms with E-state index in [0.29, 0.717) is 6.42 Å². The summed E-state index contributed by atoms with van der Waals surface area (Å²) in [6.07, 6.45) is 2.28. The van der Waals surface area contributed by atoms with Crippen molar-refractivity contribution in [3.05, 3.63) is 29.8 Å². The SMILES string of the molecule is O=C(CN1C(=O)CCCc2ccccc21)N1CCNCC1. The molecule has 1 N–H and O–H groups in total. The topological polar surface area (TPSA) is 52.7 Å². The molecule has 0 spiro atoms. The van der Waals surface area contributed by atoms with Crippen LogP contribution in [0.5, 0.6) is 0 Å². The van der Waals surface area contributed by atoms with Crippen molar-refractivity contribution in [2.45, 2.75) is 19.3 Å². The number of amides is 2. The number of rotatable bonds is 2. The molecule has 0 unspecified atom stereocenters. The highest BCUT2D eigenvalue weighted by atomic mass is 16.2. The average Bonchev–Trinajstić information content (AvgIpc) is 2.68. The predicted molar refractivity (Wildman–Crippen MR) is 81.2 cm³/mol. The van der Waals surface area contributed by atoms with Crippen LogP contribution in [-0.2, 0) is 16.0 Å². The molecule has 112 valence electrons. The Morgan fingerprint density at radius 2 is 1.90 bits per heavy atom. The normalized spacial score (nSPS) is 19.1. The van der Waals surface area contributed by atoms with Gasteiger partial charge in [0.2, 0.25) is 11.8 Å². The minimum absolute atomic E-state index is 0.0431. The standard InChI is InChI=1S/C16H21N3O2/c20-15-7-3-5-13-4-1-2-6-14(13)19(15)12-16(21)18-10-8-17-9-11-18/h1-2,4,6,17H,3,5,7-12H2. The lowest BCUT2D eigenvalue weighted by atomic mass is 10.1. The smallest absolute Gasteiger partial charge is 0.242 e. The Morgan fingerprint density at radius 3 is 2.71 bits per heavy atom. The zero-order valence-corrected chi connectivity index (χ0v) is 12.2. The summed E-state index contributed by atoms with van der Waals surface area (Å²) in [7, 11) is 0. The highest BCUT2D eigenvalue weighted by Crippen LogP contribution is 2.26. The lowest BCUT2D eigenvalue weighted by molar-refractivity contribution is -0.131. The molecule has 1 aromatic rings. The van der Waals surface area contributed by atoms with Gasteiger partial charge in [-0.3, -0.25) is 9.59 Å². The van der Waals surface area contributed by atoms with E-state index in [1.807, 2.05) is 23.1 Å². The van der Waals surface area contributed by atoms with E-state index >= 15 is 0 Å². The number of hydrogen-bond donors (Lipinski definition) is 1. The molecule has 2 heterocycles. The monoisotopic (exact) mass is 287 g/mol. The number of fused-ring (bicyclic) bond motifs is 1. The van der Waals surface area contributed by atoms with Gasteiger partial charge in [-0.1, -0.05) is 18.2 Å².